The maximum atomic E-state index is 5.90. The van der Waals surface area contributed by atoms with Crippen LogP contribution in [0.3, 0.4) is 0 Å². The van der Waals surface area contributed by atoms with Gasteiger partial charge in [-0.3, -0.25) is 0 Å². The van der Waals surface area contributed by atoms with Crippen molar-refractivity contribution in [1.29, 1.82) is 0 Å². The molecule has 3 nitrogen and oxygen atoms in total. The van der Waals surface area contributed by atoms with Crippen molar-refractivity contribution in [1.82, 2.24) is 9.97 Å². The van der Waals surface area contributed by atoms with Crippen LogP contribution in [-0.2, 0) is 6.61 Å². The standard InChI is InChI=1S/C11H7Cl3N2O/c12-8-2-1-3-15-11(8)17-6-7-4-9(13)10(14)16-5-7/h1-5H,6H2. The van der Waals surface area contributed by atoms with E-state index in [0.29, 0.717) is 15.9 Å². The van der Waals surface area contributed by atoms with Crippen LogP contribution < -0.4 is 4.74 Å². The van der Waals surface area contributed by atoms with Crippen LogP contribution in [0.25, 0.3) is 0 Å². The summed E-state index contributed by atoms with van der Waals surface area (Å²) in [5.74, 6) is 0.375. The molecular weight excluding hydrogens is 282 g/mol. The first-order valence-electron chi connectivity index (χ1n) is 4.70. The van der Waals surface area contributed by atoms with Gasteiger partial charge in [0.1, 0.15) is 16.8 Å². The van der Waals surface area contributed by atoms with Crippen molar-refractivity contribution in [2.75, 3.05) is 0 Å². The van der Waals surface area contributed by atoms with Gasteiger partial charge in [0, 0.05) is 18.0 Å². The summed E-state index contributed by atoms with van der Waals surface area (Å²) in [6, 6.07) is 5.13. The molecule has 0 atom stereocenters. The summed E-state index contributed by atoms with van der Waals surface area (Å²) in [6.45, 7) is 0.278. The Hall–Kier alpha value is -1.03. The van der Waals surface area contributed by atoms with Crippen LogP contribution in [0, 0.1) is 0 Å². The van der Waals surface area contributed by atoms with Gasteiger partial charge in [0.15, 0.2) is 0 Å². The second-order valence-corrected chi connectivity index (χ2v) is 4.37. The summed E-state index contributed by atoms with van der Waals surface area (Å²) in [5, 5.41) is 1.12. The van der Waals surface area contributed by atoms with Crippen LogP contribution in [0.5, 0.6) is 5.88 Å². The smallest absolute Gasteiger partial charge is 0.232 e. The molecule has 0 spiro atoms. The lowest BCUT2D eigenvalue weighted by Crippen LogP contribution is -1.98. The van der Waals surface area contributed by atoms with Crippen molar-refractivity contribution in [2.45, 2.75) is 6.61 Å². The predicted molar refractivity (Wildman–Crippen MR) is 67.8 cm³/mol. The topological polar surface area (TPSA) is 35.0 Å². The van der Waals surface area contributed by atoms with Crippen LogP contribution in [-0.4, -0.2) is 9.97 Å². The summed E-state index contributed by atoms with van der Waals surface area (Å²) in [5.41, 5.74) is 0.793. The molecule has 2 aromatic heterocycles. The zero-order valence-electron chi connectivity index (χ0n) is 8.53. The van der Waals surface area contributed by atoms with E-state index in [1.54, 1.807) is 30.6 Å². The Morgan fingerprint density at radius 2 is 1.94 bits per heavy atom. The van der Waals surface area contributed by atoms with E-state index in [0.717, 1.165) is 5.56 Å². The lowest BCUT2D eigenvalue weighted by Gasteiger charge is -2.06. The summed E-state index contributed by atoms with van der Waals surface area (Å²) in [7, 11) is 0. The van der Waals surface area contributed by atoms with Crippen molar-refractivity contribution < 1.29 is 4.74 Å². The molecule has 0 N–H and O–H groups in total. The lowest BCUT2D eigenvalue weighted by atomic mass is 10.3. The van der Waals surface area contributed by atoms with Crippen molar-refractivity contribution in [2.24, 2.45) is 0 Å². The first-order valence-corrected chi connectivity index (χ1v) is 5.83. The number of hydrogen-bond acceptors (Lipinski definition) is 3. The monoisotopic (exact) mass is 288 g/mol. The number of rotatable bonds is 3. The molecule has 0 aliphatic heterocycles. The Bertz CT molecular complexity index is 534. The number of halogens is 3. The van der Waals surface area contributed by atoms with Gasteiger partial charge >= 0.3 is 0 Å². The largest absolute Gasteiger partial charge is 0.472 e. The van der Waals surface area contributed by atoms with Gasteiger partial charge in [0.25, 0.3) is 0 Å². The Kier molecular flexibility index (Phi) is 4.05. The van der Waals surface area contributed by atoms with E-state index >= 15 is 0 Å². The van der Waals surface area contributed by atoms with Gasteiger partial charge in [0.2, 0.25) is 5.88 Å². The third kappa shape index (κ3) is 3.22. The molecule has 0 aliphatic rings. The van der Waals surface area contributed by atoms with E-state index in [2.05, 4.69) is 9.97 Å². The maximum absolute atomic E-state index is 5.90. The zero-order chi connectivity index (χ0) is 12.3. The second-order valence-electron chi connectivity index (χ2n) is 3.20. The highest BCUT2D eigenvalue weighted by molar-refractivity contribution is 6.41. The Morgan fingerprint density at radius 3 is 2.65 bits per heavy atom. The van der Waals surface area contributed by atoms with E-state index in [9.17, 15) is 0 Å². The predicted octanol–water partition coefficient (Wildman–Crippen LogP) is 4.02. The molecule has 6 heteroatoms. The summed E-state index contributed by atoms with van der Waals surface area (Å²) >= 11 is 17.4. The maximum Gasteiger partial charge on any atom is 0.232 e. The first kappa shape index (κ1) is 12.4. The normalized spacial score (nSPS) is 10.3. The van der Waals surface area contributed by atoms with Crippen LogP contribution in [0.2, 0.25) is 15.2 Å². The second kappa shape index (κ2) is 5.54. The summed E-state index contributed by atoms with van der Waals surface area (Å²) < 4.78 is 5.43. The quantitative estimate of drug-likeness (QED) is 0.801. The molecule has 88 valence electrons. The molecule has 2 heterocycles. The van der Waals surface area contributed by atoms with E-state index in [1.807, 2.05) is 0 Å². The fourth-order valence-corrected chi connectivity index (χ4v) is 1.64. The third-order valence-electron chi connectivity index (χ3n) is 1.95. The molecule has 0 amide bonds. The average Bonchev–Trinajstić information content (AvgIpc) is 2.32. The van der Waals surface area contributed by atoms with Crippen LogP contribution in [0.4, 0.5) is 0 Å². The van der Waals surface area contributed by atoms with Crippen LogP contribution in [0.1, 0.15) is 5.56 Å². The minimum Gasteiger partial charge on any atom is -0.472 e. The fourth-order valence-electron chi connectivity index (χ4n) is 1.17. The fraction of sp³-hybridized carbons (Fsp3) is 0.0909. The molecule has 0 fully saturated rings. The van der Waals surface area contributed by atoms with Gasteiger partial charge in [-0.15, -0.1) is 0 Å². The van der Waals surface area contributed by atoms with Gasteiger partial charge in [0.05, 0.1) is 5.02 Å². The first-order chi connectivity index (χ1) is 8.16. The summed E-state index contributed by atoms with van der Waals surface area (Å²) in [4.78, 5) is 7.91. The van der Waals surface area contributed by atoms with Crippen LogP contribution >= 0.6 is 34.8 Å². The van der Waals surface area contributed by atoms with E-state index in [-0.39, 0.29) is 11.8 Å². The molecule has 17 heavy (non-hydrogen) atoms. The molecular formula is C11H7Cl3N2O. The van der Waals surface area contributed by atoms with Crippen molar-refractivity contribution in [3.05, 3.63) is 51.4 Å². The lowest BCUT2D eigenvalue weighted by molar-refractivity contribution is 0.293. The third-order valence-corrected chi connectivity index (χ3v) is 2.93. The minimum atomic E-state index is 0.270. The van der Waals surface area contributed by atoms with Gasteiger partial charge in [-0.2, -0.15) is 0 Å². The zero-order valence-corrected chi connectivity index (χ0v) is 10.8. The van der Waals surface area contributed by atoms with Crippen LogP contribution in [0.15, 0.2) is 30.6 Å². The van der Waals surface area contributed by atoms with Crippen molar-refractivity contribution in [3.63, 3.8) is 0 Å². The molecule has 0 unspecified atom stereocenters. The van der Waals surface area contributed by atoms with E-state index in [1.165, 1.54) is 0 Å². The van der Waals surface area contributed by atoms with Gasteiger partial charge in [-0.25, -0.2) is 9.97 Å². The van der Waals surface area contributed by atoms with E-state index < -0.39 is 0 Å². The highest BCUT2D eigenvalue weighted by Crippen LogP contribution is 2.23. The SMILES string of the molecule is Clc1cc(COc2ncccc2Cl)cnc1Cl. The number of aromatic nitrogens is 2. The summed E-state index contributed by atoms with van der Waals surface area (Å²) in [6.07, 6.45) is 3.19. The van der Waals surface area contributed by atoms with E-state index in [4.69, 9.17) is 39.5 Å². The van der Waals surface area contributed by atoms with Gasteiger partial charge in [-0.05, 0) is 18.2 Å². The van der Waals surface area contributed by atoms with Gasteiger partial charge < -0.3 is 4.74 Å². The highest BCUT2D eigenvalue weighted by Gasteiger charge is 2.04. The number of pyridine rings is 2. The molecule has 0 radical (unpaired) electrons. The van der Waals surface area contributed by atoms with Crippen molar-refractivity contribution in [3.8, 4) is 5.88 Å². The highest BCUT2D eigenvalue weighted by atomic mass is 35.5. The Morgan fingerprint density at radius 1 is 1.12 bits per heavy atom. The number of nitrogens with zero attached hydrogens (tertiary/aromatic N) is 2. The molecule has 0 saturated carbocycles. The molecule has 0 saturated heterocycles. The Labute approximate surface area is 113 Å². The minimum absolute atomic E-state index is 0.270. The molecule has 0 aliphatic carbocycles. The molecule has 0 aromatic carbocycles. The van der Waals surface area contributed by atoms with Gasteiger partial charge in [-0.1, -0.05) is 34.8 Å². The Balaban J connectivity index is 2.08. The molecule has 2 rings (SSSR count). The molecule has 2 aromatic rings. The number of ether oxygens (including phenoxy) is 1. The van der Waals surface area contributed by atoms with Crippen molar-refractivity contribution >= 4 is 34.8 Å². The average molecular weight is 290 g/mol. The molecule has 0 bridgehead atoms. The number of hydrogen-bond donors (Lipinski definition) is 0.